The van der Waals surface area contributed by atoms with Crippen molar-refractivity contribution >= 4 is 32.7 Å². The molecular formula is C14H17BrN2. The standard InChI is InChI=1S/C14H17BrN2/c1-3-6-11-9-10-7-5-8-12(15)13(10)17-14(11)16-4-2/h5,7-9H,3-4,6H2,1-2H3,(H,16,17). The zero-order chi connectivity index (χ0) is 12.3. The maximum Gasteiger partial charge on any atom is 0.129 e. The number of halogens is 1. The van der Waals surface area contributed by atoms with Crippen molar-refractivity contribution in [1.82, 2.24) is 4.98 Å². The number of pyridine rings is 1. The minimum absolute atomic E-state index is 0.902. The molecule has 3 heteroatoms. The maximum atomic E-state index is 4.73. The number of benzene rings is 1. The topological polar surface area (TPSA) is 24.9 Å². The molecule has 0 fully saturated rings. The molecule has 0 amide bonds. The number of rotatable bonds is 4. The van der Waals surface area contributed by atoms with Crippen molar-refractivity contribution in [3.05, 3.63) is 34.3 Å². The first-order chi connectivity index (χ1) is 8.26. The predicted molar refractivity (Wildman–Crippen MR) is 77.6 cm³/mol. The smallest absolute Gasteiger partial charge is 0.129 e. The van der Waals surface area contributed by atoms with Gasteiger partial charge in [-0.1, -0.05) is 25.5 Å². The molecule has 2 rings (SSSR count). The molecule has 0 bridgehead atoms. The fourth-order valence-electron chi connectivity index (χ4n) is 1.99. The van der Waals surface area contributed by atoms with Gasteiger partial charge in [-0.05, 0) is 47.0 Å². The molecule has 0 aliphatic heterocycles. The van der Waals surface area contributed by atoms with E-state index in [0.29, 0.717) is 0 Å². The lowest BCUT2D eigenvalue weighted by Crippen LogP contribution is -2.04. The summed E-state index contributed by atoms with van der Waals surface area (Å²) in [7, 11) is 0. The summed E-state index contributed by atoms with van der Waals surface area (Å²) in [6.07, 6.45) is 2.21. The highest BCUT2D eigenvalue weighted by Gasteiger charge is 2.07. The molecule has 1 aromatic carbocycles. The number of aryl methyl sites for hydroxylation is 1. The van der Waals surface area contributed by atoms with Gasteiger partial charge in [-0.25, -0.2) is 4.98 Å². The second kappa shape index (κ2) is 5.50. The van der Waals surface area contributed by atoms with E-state index in [2.05, 4.69) is 53.3 Å². The Balaban J connectivity index is 2.59. The van der Waals surface area contributed by atoms with Crippen LogP contribution in [0.2, 0.25) is 0 Å². The Morgan fingerprint density at radius 1 is 1.29 bits per heavy atom. The molecule has 0 aliphatic carbocycles. The van der Waals surface area contributed by atoms with Crippen LogP contribution in [0.25, 0.3) is 10.9 Å². The van der Waals surface area contributed by atoms with E-state index in [4.69, 9.17) is 4.98 Å². The number of nitrogens with zero attached hydrogens (tertiary/aromatic N) is 1. The summed E-state index contributed by atoms with van der Waals surface area (Å²) in [5.41, 5.74) is 2.34. The fourth-order valence-corrected chi connectivity index (χ4v) is 2.46. The molecule has 17 heavy (non-hydrogen) atoms. The third kappa shape index (κ3) is 2.60. The van der Waals surface area contributed by atoms with Crippen LogP contribution < -0.4 is 5.32 Å². The number of anilines is 1. The summed E-state index contributed by atoms with van der Waals surface area (Å²) in [4.78, 5) is 4.73. The maximum absolute atomic E-state index is 4.73. The first-order valence-corrected chi connectivity index (χ1v) is 6.87. The van der Waals surface area contributed by atoms with Gasteiger partial charge in [0.25, 0.3) is 0 Å². The second-order valence-electron chi connectivity index (χ2n) is 4.09. The molecule has 2 nitrogen and oxygen atoms in total. The van der Waals surface area contributed by atoms with E-state index in [-0.39, 0.29) is 0 Å². The van der Waals surface area contributed by atoms with Crippen LogP contribution >= 0.6 is 15.9 Å². The molecule has 0 saturated heterocycles. The average Bonchev–Trinajstić information content (AvgIpc) is 2.32. The van der Waals surface area contributed by atoms with Crippen molar-refractivity contribution in [2.75, 3.05) is 11.9 Å². The largest absolute Gasteiger partial charge is 0.370 e. The van der Waals surface area contributed by atoms with Crippen LogP contribution in [0.3, 0.4) is 0 Å². The van der Waals surface area contributed by atoms with Gasteiger partial charge in [0.2, 0.25) is 0 Å². The quantitative estimate of drug-likeness (QED) is 0.904. The van der Waals surface area contributed by atoms with E-state index in [1.807, 2.05) is 6.07 Å². The third-order valence-corrected chi connectivity index (χ3v) is 3.38. The van der Waals surface area contributed by atoms with Crippen molar-refractivity contribution in [3.63, 3.8) is 0 Å². The summed E-state index contributed by atoms with van der Waals surface area (Å²) in [5, 5.41) is 4.55. The molecule has 0 unspecified atom stereocenters. The molecule has 0 saturated carbocycles. The normalized spacial score (nSPS) is 10.8. The Morgan fingerprint density at radius 2 is 2.12 bits per heavy atom. The third-order valence-electron chi connectivity index (χ3n) is 2.74. The second-order valence-corrected chi connectivity index (χ2v) is 4.94. The van der Waals surface area contributed by atoms with Gasteiger partial charge in [-0.2, -0.15) is 0 Å². The zero-order valence-electron chi connectivity index (χ0n) is 10.3. The van der Waals surface area contributed by atoms with Gasteiger partial charge in [-0.15, -0.1) is 0 Å². The van der Waals surface area contributed by atoms with E-state index in [9.17, 15) is 0 Å². The molecule has 0 aliphatic rings. The Bertz CT molecular complexity index is 523. The van der Waals surface area contributed by atoms with Crippen LogP contribution in [0, 0.1) is 0 Å². The number of fused-ring (bicyclic) bond motifs is 1. The van der Waals surface area contributed by atoms with E-state index < -0.39 is 0 Å². The van der Waals surface area contributed by atoms with E-state index >= 15 is 0 Å². The number of hydrogen-bond acceptors (Lipinski definition) is 2. The summed E-state index contributed by atoms with van der Waals surface area (Å²) < 4.78 is 1.05. The van der Waals surface area contributed by atoms with Crippen molar-refractivity contribution in [3.8, 4) is 0 Å². The molecule has 0 spiro atoms. The minimum atomic E-state index is 0.902. The van der Waals surface area contributed by atoms with Gasteiger partial charge in [-0.3, -0.25) is 0 Å². The first kappa shape index (κ1) is 12.4. The predicted octanol–water partition coefficient (Wildman–Crippen LogP) is 4.38. The van der Waals surface area contributed by atoms with Crippen molar-refractivity contribution in [1.29, 1.82) is 0 Å². The number of para-hydroxylation sites is 1. The van der Waals surface area contributed by atoms with Gasteiger partial charge >= 0.3 is 0 Å². The first-order valence-electron chi connectivity index (χ1n) is 6.08. The highest BCUT2D eigenvalue weighted by atomic mass is 79.9. The highest BCUT2D eigenvalue weighted by Crippen LogP contribution is 2.27. The summed E-state index contributed by atoms with van der Waals surface area (Å²) >= 11 is 3.56. The van der Waals surface area contributed by atoms with Crippen LogP contribution in [0.5, 0.6) is 0 Å². The Morgan fingerprint density at radius 3 is 2.82 bits per heavy atom. The summed E-state index contributed by atoms with van der Waals surface area (Å²) in [5.74, 6) is 1.02. The van der Waals surface area contributed by atoms with Gasteiger partial charge in [0, 0.05) is 16.4 Å². The lowest BCUT2D eigenvalue weighted by molar-refractivity contribution is 0.916. The van der Waals surface area contributed by atoms with E-state index in [0.717, 1.165) is 35.2 Å². The van der Waals surface area contributed by atoms with Gasteiger partial charge in [0.1, 0.15) is 5.82 Å². The highest BCUT2D eigenvalue weighted by molar-refractivity contribution is 9.10. The van der Waals surface area contributed by atoms with E-state index in [1.54, 1.807) is 0 Å². The van der Waals surface area contributed by atoms with E-state index in [1.165, 1.54) is 10.9 Å². The zero-order valence-corrected chi connectivity index (χ0v) is 11.8. The summed E-state index contributed by atoms with van der Waals surface area (Å²) in [6, 6.07) is 8.44. The van der Waals surface area contributed by atoms with Gasteiger partial charge in [0.15, 0.2) is 0 Å². The fraction of sp³-hybridized carbons (Fsp3) is 0.357. The molecule has 2 aromatic rings. The Kier molecular flexibility index (Phi) is 4.00. The van der Waals surface area contributed by atoms with Crippen LogP contribution in [0.4, 0.5) is 5.82 Å². The minimum Gasteiger partial charge on any atom is -0.370 e. The average molecular weight is 293 g/mol. The lowest BCUT2D eigenvalue weighted by Gasteiger charge is -2.11. The number of aromatic nitrogens is 1. The SMILES string of the molecule is CCCc1cc2cccc(Br)c2nc1NCC. The van der Waals surface area contributed by atoms with Gasteiger partial charge < -0.3 is 5.32 Å². The van der Waals surface area contributed by atoms with Crippen LogP contribution in [0.15, 0.2) is 28.7 Å². The molecular weight excluding hydrogens is 276 g/mol. The number of hydrogen-bond donors (Lipinski definition) is 1. The lowest BCUT2D eigenvalue weighted by atomic mass is 10.1. The van der Waals surface area contributed by atoms with Crippen molar-refractivity contribution in [2.45, 2.75) is 26.7 Å². The molecule has 1 heterocycles. The van der Waals surface area contributed by atoms with Gasteiger partial charge in [0.05, 0.1) is 5.52 Å². The monoisotopic (exact) mass is 292 g/mol. The van der Waals surface area contributed by atoms with Crippen LogP contribution in [0.1, 0.15) is 25.8 Å². The van der Waals surface area contributed by atoms with Crippen molar-refractivity contribution < 1.29 is 0 Å². The Hall–Kier alpha value is -1.09. The van der Waals surface area contributed by atoms with Crippen LogP contribution in [-0.4, -0.2) is 11.5 Å². The molecule has 1 aromatic heterocycles. The van der Waals surface area contributed by atoms with Crippen LogP contribution in [-0.2, 0) is 6.42 Å². The number of nitrogens with one attached hydrogen (secondary N) is 1. The molecule has 0 radical (unpaired) electrons. The van der Waals surface area contributed by atoms with Crippen molar-refractivity contribution in [2.24, 2.45) is 0 Å². The summed E-state index contributed by atoms with van der Waals surface area (Å²) in [6.45, 7) is 5.20. The molecule has 90 valence electrons. The Labute approximate surface area is 111 Å². The molecule has 1 N–H and O–H groups in total. The molecule has 0 atom stereocenters.